The van der Waals surface area contributed by atoms with Crippen molar-refractivity contribution < 1.29 is 8.78 Å². The van der Waals surface area contributed by atoms with E-state index in [2.05, 4.69) is 15.1 Å². The molecule has 0 unspecified atom stereocenters. The first kappa shape index (κ1) is 16.7. The highest BCUT2D eigenvalue weighted by atomic mass is 32.1. The molecule has 24 heavy (non-hydrogen) atoms. The number of nitrogens with zero attached hydrogens (tertiary/aromatic N) is 5. The molecule has 0 spiro atoms. The predicted molar refractivity (Wildman–Crippen MR) is 90.0 cm³/mol. The fourth-order valence-corrected chi connectivity index (χ4v) is 3.42. The molecule has 0 aromatic carbocycles. The Kier molecular flexibility index (Phi) is 5.00. The Labute approximate surface area is 142 Å². The largest absolute Gasteiger partial charge is 0.333 e. The molecule has 0 fully saturated rings. The number of alkyl halides is 2. The van der Waals surface area contributed by atoms with E-state index >= 15 is 0 Å². The zero-order valence-corrected chi connectivity index (χ0v) is 14.0. The molecule has 3 heterocycles. The van der Waals surface area contributed by atoms with E-state index in [1.807, 2.05) is 17.2 Å². The van der Waals surface area contributed by atoms with Crippen molar-refractivity contribution in [3.63, 3.8) is 0 Å². The molecule has 2 N–H and O–H groups in total. The van der Waals surface area contributed by atoms with E-state index in [0.717, 1.165) is 28.5 Å². The van der Waals surface area contributed by atoms with Gasteiger partial charge in [-0.1, -0.05) is 6.92 Å². The summed E-state index contributed by atoms with van der Waals surface area (Å²) in [5.41, 5.74) is 8.35. The van der Waals surface area contributed by atoms with Gasteiger partial charge in [0.15, 0.2) is 10.8 Å². The Bertz CT molecular complexity index is 750. The number of allylic oxidation sites excluding steroid dienone is 1. The van der Waals surface area contributed by atoms with Gasteiger partial charge in [-0.3, -0.25) is 4.99 Å². The van der Waals surface area contributed by atoms with Crippen LogP contribution in [-0.4, -0.2) is 45.1 Å². The topological polar surface area (TPSA) is 72.3 Å². The van der Waals surface area contributed by atoms with Crippen LogP contribution in [-0.2, 0) is 0 Å². The first-order chi connectivity index (χ1) is 11.7. The Morgan fingerprint density at radius 3 is 2.83 bits per heavy atom. The number of nitrogens with two attached hydrogens (primary N) is 1. The third-order valence-electron chi connectivity index (χ3n) is 3.78. The van der Waals surface area contributed by atoms with Crippen LogP contribution in [0.1, 0.15) is 30.5 Å². The molecule has 0 saturated heterocycles. The van der Waals surface area contributed by atoms with Crippen molar-refractivity contribution in [1.29, 1.82) is 0 Å². The monoisotopic (exact) mass is 352 g/mol. The quantitative estimate of drug-likeness (QED) is 0.867. The van der Waals surface area contributed by atoms with Gasteiger partial charge in [-0.05, 0) is 6.42 Å². The predicted octanol–water partition coefficient (Wildman–Crippen LogP) is 2.58. The van der Waals surface area contributed by atoms with Crippen LogP contribution in [0.3, 0.4) is 0 Å². The van der Waals surface area contributed by atoms with E-state index < -0.39 is 6.55 Å². The van der Waals surface area contributed by atoms with Gasteiger partial charge in [0.05, 0.1) is 12.7 Å². The second kappa shape index (κ2) is 7.18. The van der Waals surface area contributed by atoms with Crippen LogP contribution in [0.4, 0.5) is 8.78 Å². The van der Waals surface area contributed by atoms with E-state index in [0.29, 0.717) is 29.9 Å². The van der Waals surface area contributed by atoms with Gasteiger partial charge >= 0.3 is 6.55 Å². The molecule has 0 saturated carbocycles. The van der Waals surface area contributed by atoms with Crippen LogP contribution in [0.2, 0.25) is 0 Å². The van der Waals surface area contributed by atoms with Gasteiger partial charge in [-0.2, -0.15) is 13.9 Å². The van der Waals surface area contributed by atoms with Crippen molar-refractivity contribution in [2.75, 3.05) is 19.6 Å². The highest BCUT2D eigenvalue weighted by Gasteiger charge is 2.26. The van der Waals surface area contributed by atoms with E-state index in [9.17, 15) is 8.78 Å². The van der Waals surface area contributed by atoms with Crippen LogP contribution in [0, 0.1) is 0 Å². The van der Waals surface area contributed by atoms with Crippen LogP contribution < -0.4 is 5.73 Å². The molecule has 0 atom stereocenters. The molecule has 1 aliphatic heterocycles. The Hall–Kier alpha value is -2.13. The minimum Gasteiger partial charge on any atom is -0.329 e. The average Bonchev–Trinajstić information content (AvgIpc) is 3.26. The summed E-state index contributed by atoms with van der Waals surface area (Å²) in [6.07, 6.45) is 5.29. The Morgan fingerprint density at radius 2 is 2.25 bits per heavy atom. The van der Waals surface area contributed by atoms with Crippen LogP contribution >= 0.6 is 11.3 Å². The van der Waals surface area contributed by atoms with Gasteiger partial charge in [0.1, 0.15) is 0 Å². The van der Waals surface area contributed by atoms with Crippen molar-refractivity contribution >= 4 is 22.7 Å². The van der Waals surface area contributed by atoms with Crippen LogP contribution in [0.5, 0.6) is 0 Å². The van der Waals surface area contributed by atoms with Gasteiger partial charge in [-0.15, -0.1) is 11.3 Å². The number of hydrogen-bond acceptors (Lipinski definition) is 6. The van der Waals surface area contributed by atoms with Crippen molar-refractivity contribution in [3.05, 3.63) is 40.2 Å². The number of aliphatic imine (C=N–C) groups is 1. The summed E-state index contributed by atoms with van der Waals surface area (Å²) < 4.78 is 26.2. The number of hydrogen-bond donors (Lipinski definition) is 1. The summed E-state index contributed by atoms with van der Waals surface area (Å²) in [7, 11) is 0. The smallest absolute Gasteiger partial charge is 0.329 e. The van der Waals surface area contributed by atoms with Crippen molar-refractivity contribution in [2.45, 2.75) is 19.9 Å². The second-order valence-corrected chi connectivity index (χ2v) is 6.08. The van der Waals surface area contributed by atoms with E-state index in [1.165, 1.54) is 23.7 Å². The normalized spacial score (nSPS) is 15.4. The molecule has 0 radical (unpaired) electrons. The van der Waals surface area contributed by atoms with E-state index in [4.69, 9.17) is 5.73 Å². The summed E-state index contributed by atoms with van der Waals surface area (Å²) in [6.45, 7) is 0.836. The lowest BCUT2D eigenvalue weighted by Gasteiger charge is -2.32. The SMILES string of the molecule is CCC1=C(c2cnn(C(F)F)c2)CN=C(c2nccs2)N1CCN. The fourth-order valence-electron chi connectivity index (χ4n) is 2.77. The molecule has 0 amide bonds. The summed E-state index contributed by atoms with van der Waals surface area (Å²) in [4.78, 5) is 11.0. The van der Waals surface area contributed by atoms with Crippen molar-refractivity contribution in [1.82, 2.24) is 19.7 Å². The highest BCUT2D eigenvalue weighted by molar-refractivity contribution is 7.11. The van der Waals surface area contributed by atoms with E-state index in [-0.39, 0.29) is 0 Å². The third-order valence-corrected chi connectivity index (χ3v) is 4.55. The minimum atomic E-state index is -2.65. The minimum absolute atomic E-state index is 0.411. The lowest BCUT2D eigenvalue weighted by atomic mass is 10.0. The average molecular weight is 352 g/mol. The third kappa shape index (κ3) is 3.09. The van der Waals surface area contributed by atoms with Crippen LogP contribution in [0.25, 0.3) is 5.57 Å². The van der Waals surface area contributed by atoms with Crippen molar-refractivity contribution in [3.8, 4) is 0 Å². The zero-order valence-electron chi connectivity index (χ0n) is 13.2. The maximum Gasteiger partial charge on any atom is 0.333 e. The molecule has 3 rings (SSSR count). The molecule has 0 aliphatic carbocycles. The molecule has 0 bridgehead atoms. The van der Waals surface area contributed by atoms with Gasteiger partial charge in [-0.25, -0.2) is 9.67 Å². The summed E-state index contributed by atoms with van der Waals surface area (Å²) in [5, 5.41) is 6.46. The number of amidine groups is 1. The lowest BCUT2D eigenvalue weighted by Crippen LogP contribution is -2.38. The molecule has 2 aromatic heterocycles. The second-order valence-electron chi connectivity index (χ2n) is 5.18. The number of halogens is 2. The van der Waals surface area contributed by atoms with Gasteiger partial charge in [0.25, 0.3) is 0 Å². The lowest BCUT2D eigenvalue weighted by molar-refractivity contribution is 0.0566. The molecule has 128 valence electrons. The molecule has 2 aromatic rings. The van der Waals surface area contributed by atoms with Gasteiger partial charge in [0.2, 0.25) is 0 Å². The number of thiazole rings is 1. The summed E-state index contributed by atoms with van der Waals surface area (Å²) >= 11 is 1.51. The maximum atomic E-state index is 12.8. The molecular formula is C15H18F2N6S. The molecular weight excluding hydrogens is 334 g/mol. The van der Waals surface area contributed by atoms with Crippen LogP contribution in [0.15, 0.2) is 34.7 Å². The fraction of sp³-hybridized carbons (Fsp3) is 0.400. The summed E-state index contributed by atoms with van der Waals surface area (Å²) in [5.74, 6) is 0.789. The molecule has 1 aliphatic rings. The van der Waals surface area contributed by atoms with Gasteiger partial charge in [0, 0.05) is 47.7 Å². The molecule has 6 nitrogen and oxygen atoms in total. The number of aromatic nitrogens is 3. The number of rotatable bonds is 6. The highest BCUT2D eigenvalue weighted by Crippen LogP contribution is 2.30. The molecule has 9 heteroatoms. The first-order valence-corrected chi connectivity index (χ1v) is 8.50. The zero-order chi connectivity index (χ0) is 17.1. The standard InChI is InChI=1S/C15H18F2N6S/c1-2-12-11(10-7-21-23(9-10)15(16)17)8-20-13(22(12)5-3-18)14-19-4-6-24-14/h4,6-7,9,15H,2-3,5,8,18H2,1H3. The Morgan fingerprint density at radius 1 is 1.42 bits per heavy atom. The van der Waals surface area contributed by atoms with Gasteiger partial charge < -0.3 is 10.6 Å². The van der Waals surface area contributed by atoms with Crippen molar-refractivity contribution in [2.24, 2.45) is 10.7 Å². The Balaban J connectivity index is 2.00. The first-order valence-electron chi connectivity index (χ1n) is 7.62. The maximum absolute atomic E-state index is 12.8. The summed E-state index contributed by atoms with van der Waals surface area (Å²) in [6, 6.07) is 0. The van der Waals surface area contributed by atoms with E-state index in [1.54, 1.807) is 6.20 Å².